The minimum Gasteiger partial charge on any atom is -0.299 e. The second kappa shape index (κ2) is 8.57. The van der Waals surface area contributed by atoms with Crippen LogP contribution < -0.4 is 0 Å². The Morgan fingerprint density at radius 2 is 1.96 bits per heavy atom. The molecule has 0 saturated heterocycles. The van der Waals surface area contributed by atoms with Crippen LogP contribution in [0.4, 0.5) is 0 Å². The molecule has 0 spiro atoms. The van der Waals surface area contributed by atoms with Crippen molar-refractivity contribution in [1.82, 2.24) is 19.7 Å². The monoisotopic (exact) mass is 389 g/mol. The van der Waals surface area contributed by atoms with Crippen LogP contribution in [0.2, 0.25) is 0 Å². The zero-order valence-corrected chi connectivity index (χ0v) is 16.8. The highest BCUT2D eigenvalue weighted by Crippen LogP contribution is 2.39. The quantitative estimate of drug-likeness (QED) is 0.557. The van der Waals surface area contributed by atoms with E-state index in [0.29, 0.717) is 17.5 Å². The van der Waals surface area contributed by atoms with Gasteiger partial charge in [-0.3, -0.25) is 9.55 Å². The maximum Gasteiger partial charge on any atom is 0.192 e. The third-order valence-corrected chi connectivity index (χ3v) is 6.45. The fourth-order valence-corrected chi connectivity index (χ4v) is 4.82. The number of thioether (sulfide) groups is 1. The first-order valence-corrected chi connectivity index (χ1v) is 10.7. The summed E-state index contributed by atoms with van der Waals surface area (Å²) in [6.07, 6.45) is 8.61. The van der Waals surface area contributed by atoms with Crippen LogP contribution in [0.15, 0.2) is 53.9 Å². The fourth-order valence-electron chi connectivity index (χ4n) is 3.87. The summed E-state index contributed by atoms with van der Waals surface area (Å²) in [5, 5.41) is 19.0. The minimum atomic E-state index is 0.419. The van der Waals surface area contributed by atoms with Gasteiger partial charge in [-0.2, -0.15) is 5.26 Å². The summed E-state index contributed by atoms with van der Waals surface area (Å²) in [7, 11) is 0. The van der Waals surface area contributed by atoms with Crippen LogP contribution in [0.3, 0.4) is 0 Å². The first-order valence-electron chi connectivity index (χ1n) is 9.73. The topological polar surface area (TPSA) is 67.4 Å². The highest BCUT2D eigenvalue weighted by Gasteiger charge is 2.28. The standard InChI is InChI=1S/C22H23N5S/c1-16-5-2-3-7-20(16)27-21(19-6-4-12-24-14-19)25-26-22(27)28-15-18-10-8-17(13-23)9-11-18/h4,6,8-12,14,16,20H,2-3,5,7,15H2,1H3/t16-,20+/m1/s1. The number of benzene rings is 1. The van der Waals surface area contributed by atoms with E-state index >= 15 is 0 Å². The van der Waals surface area contributed by atoms with Gasteiger partial charge >= 0.3 is 0 Å². The van der Waals surface area contributed by atoms with Crippen molar-refractivity contribution in [2.24, 2.45) is 5.92 Å². The van der Waals surface area contributed by atoms with E-state index < -0.39 is 0 Å². The molecule has 3 aromatic rings. The van der Waals surface area contributed by atoms with E-state index in [9.17, 15) is 0 Å². The van der Waals surface area contributed by atoms with E-state index in [0.717, 1.165) is 28.7 Å². The molecule has 0 amide bonds. The van der Waals surface area contributed by atoms with E-state index in [2.05, 4.69) is 38.8 Å². The van der Waals surface area contributed by atoms with Crippen LogP contribution in [0.5, 0.6) is 0 Å². The summed E-state index contributed by atoms with van der Waals surface area (Å²) in [6.45, 7) is 2.34. The van der Waals surface area contributed by atoms with Gasteiger partial charge in [0.2, 0.25) is 0 Å². The lowest BCUT2D eigenvalue weighted by Gasteiger charge is -2.31. The van der Waals surface area contributed by atoms with Crippen molar-refractivity contribution in [2.45, 2.75) is 49.6 Å². The van der Waals surface area contributed by atoms with Crippen LogP contribution in [0, 0.1) is 17.2 Å². The Hall–Kier alpha value is -2.65. The number of rotatable bonds is 5. The Balaban J connectivity index is 1.64. The molecule has 6 heteroatoms. The Bertz CT molecular complexity index is 959. The molecule has 28 heavy (non-hydrogen) atoms. The van der Waals surface area contributed by atoms with Crippen molar-refractivity contribution >= 4 is 11.8 Å². The summed E-state index contributed by atoms with van der Waals surface area (Å²) < 4.78 is 2.34. The van der Waals surface area contributed by atoms with Crippen LogP contribution >= 0.6 is 11.8 Å². The molecule has 0 N–H and O–H groups in total. The van der Waals surface area contributed by atoms with Gasteiger partial charge < -0.3 is 0 Å². The molecular weight excluding hydrogens is 366 g/mol. The van der Waals surface area contributed by atoms with Crippen LogP contribution in [-0.4, -0.2) is 19.7 Å². The van der Waals surface area contributed by atoms with Crippen LogP contribution in [0.25, 0.3) is 11.4 Å². The van der Waals surface area contributed by atoms with Gasteiger partial charge in [0.1, 0.15) is 0 Å². The van der Waals surface area contributed by atoms with Crippen molar-refractivity contribution in [2.75, 3.05) is 0 Å². The van der Waals surface area contributed by atoms with E-state index in [1.54, 1.807) is 18.0 Å². The predicted octanol–water partition coefficient (Wildman–Crippen LogP) is 5.26. The molecule has 142 valence electrons. The van der Waals surface area contributed by atoms with Crippen molar-refractivity contribution in [3.63, 3.8) is 0 Å². The molecule has 0 aliphatic heterocycles. The van der Waals surface area contributed by atoms with Crippen molar-refractivity contribution in [3.05, 3.63) is 59.9 Å². The Morgan fingerprint density at radius 1 is 1.14 bits per heavy atom. The molecule has 1 aromatic carbocycles. The largest absolute Gasteiger partial charge is 0.299 e. The van der Waals surface area contributed by atoms with E-state index in [1.807, 2.05) is 36.5 Å². The third kappa shape index (κ3) is 3.95. The lowest BCUT2D eigenvalue weighted by atomic mass is 9.85. The molecule has 2 heterocycles. The van der Waals surface area contributed by atoms with E-state index in [-0.39, 0.29) is 0 Å². The summed E-state index contributed by atoms with van der Waals surface area (Å²) >= 11 is 1.71. The van der Waals surface area contributed by atoms with Gasteiger partial charge in [-0.15, -0.1) is 10.2 Å². The SMILES string of the molecule is C[C@@H]1CCCC[C@@H]1n1c(SCc2ccc(C#N)cc2)nnc1-c1cccnc1. The van der Waals surface area contributed by atoms with Gasteiger partial charge in [-0.25, -0.2) is 0 Å². The number of pyridine rings is 1. The van der Waals surface area contributed by atoms with Crippen molar-refractivity contribution < 1.29 is 0 Å². The second-order valence-electron chi connectivity index (χ2n) is 7.34. The molecule has 2 atom stereocenters. The minimum absolute atomic E-state index is 0.419. The van der Waals surface area contributed by atoms with Crippen LogP contribution in [0.1, 0.15) is 49.8 Å². The normalized spacial score (nSPS) is 19.3. The highest BCUT2D eigenvalue weighted by atomic mass is 32.2. The zero-order valence-electron chi connectivity index (χ0n) is 16.0. The number of aromatic nitrogens is 4. The summed E-state index contributed by atoms with van der Waals surface area (Å²) in [4.78, 5) is 4.27. The molecular formula is C22H23N5S. The predicted molar refractivity (Wildman–Crippen MR) is 111 cm³/mol. The molecule has 5 nitrogen and oxygen atoms in total. The lowest BCUT2D eigenvalue weighted by Crippen LogP contribution is -2.22. The van der Waals surface area contributed by atoms with Gasteiger partial charge in [-0.05, 0) is 48.6 Å². The number of hydrogen-bond acceptors (Lipinski definition) is 5. The van der Waals surface area contributed by atoms with E-state index in [4.69, 9.17) is 5.26 Å². The summed E-state index contributed by atoms with van der Waals surface area (Å²) in [5.41, 5.74) is 2.88. The molecule has 0 radical (unpaired) electrons. The van der Waals surface area contributed by atoms with E-state index in [1.165, 1.54) is 24.8 Å². The number of hydrogen-bond donors (Lipinski definition) is 0. The first kappa shape index (κ1) is 18.7. The number of nitrogens with zero attached hydrogens (tertiary/aromatic N) is 5. The average molecular weight is 390 g/mol. The molecule has 2 aromatic heterocycles. The first-order chi connectivity index (χ1) is 13.8. The smallest absolute Gasteiger partial charge is 0.192 e. The average Bonchev–Trinajstić information content (AvgIpc) is 3.17. The molecule has 1 fully saturated rings. The maximum absolute atomic E-state index is 8.97. The van der Waals surface area contributed by atoms with Crippen molar-refractivity contribution in [1.29, 1.82) is 5.26 Å². The maximum atomic E-state index is 8.97. The van der Waals surface area contributed by atoms with Gasteiger partial charge in [0, 0.05) is 29.8 Å². The molecule has 0 bridgehead atoms. The Labute approximate surface area is 169 Å². The van der Waals surface area contributed by atoms with Gasteiger partial charge in [0.05, 0.1) is 11.6 Å². The molecule has 1 aliphatic carbocycles. The Kier molecular flexibility index (Phi) is 5.73. The molecule has 1 saturated carbocycles. The lowest BCUT2D eigenvalue weighted by molar-refractivity contribution is 0.247. The third-order valence-electron chi connectivity index (χ3n) is 5.43. The highest BCUT2D eigenvalue weighted by molar-refractivity contribution is 7.98. The molecule has 1 aliphatic rings. The molecule has 4 rings (SSSR count). The fraction of sp³-hybridized carbons (Fsp3) is 0.364. The zero-order chi connectivity index (χ0) is 19.3. The number of nitriles is 1. The summed E-state index contributed by atoms with van der Waals surface area (Å²) in [5.74, 6) is 2.32. The second-order valence-corrected chi connectivity index (χ2v) is 8.29. The van der Waals surface area contributed by atoms with Gasteiger partial charge in [0.15, 0.2) is 11.0 Å². The van der Waals surface area contributed by atoms with Gasteiger partial charge in [0.25, 0.3) is 0 Å². The van der Waals surface area contributed by atoms with Gasteiger partial charge in [-0.1, -0.05) is 43.7 Å². The van der Waals surface area contributed by atoms with Crippen molar-refractivity contribution in [3.8, 4) is 17.5 Å². The molecule has 0 unspecified atom stereocenters. The van der Waals surface area contributed by atoms with Crippen LogP contribution in [-0.2, 0) is 5.75 Å². The summed E-state index contributed by atoms with van der Waals surface area (Å²) in [6, 6.07) is 14.3. The Morgan fingerprint density at radius 3 is 2.68 bits per heavy atom.